The number of rotatable bonds is 3. The van der Waals surface area contributed by atoms with E-state index in [0.717, 1.165) is 10.9 Å². The molecule has 1 heterocycles. The maximum absolute atomic E-state index is 10.9. The van der Waals surface area contributed by atoms with Crippen LogP contribution in [0.2, 0.25) is 0 Å². The van der Waals surface area contributed by atoms with E-state index in [1.54, 1.807) is 36.1 Å². The first kappa shape index (κ1) is 10.4. The van der Waals surface area contributed by atoms with Gasteiger partial charge in [0.15, 0.2) is 0 Å². The predicted molar refractivity (Wildman–Crippen MR) is 61.3 cm³/mol. The Balaban J connectivity index is 2.72. The van der Waals surface area contributed by atoms with Crippen molar-refractivity contribution >= 4 is 16.6 Å². The van der Waals surface area contributed by atoms with Crippen LogP contribution >= 0.6 is 0 Å². The molecule has 0 amide bonds. The third-order valence-corrected chi connectivity index (χ3v) is 2.51. The van der Waals surface area contributed by atoms with Gasteiger partial charge in [-0.3, -0.25) is 14.8 Å². The van der Waals surface area contributed by atoms with E-state index in [9.17, 15) is 10.1 Å². The Morgan fingerprint density at radius 2 is 2.38 bits per heavy atom. The van der Waals surface area contributed by atoms with E-state index in [2.05, 4.69) is 11.7 Å². The molecule has 1 aromatic heterocycles. The van der Waals surface area contributed by atoms with Crippen molar-refractivity contribution in [3.63, 3.8) is 0 Å². The van der Waals surface area contributed by atoms with E-state index in [-0.39, 0.29) is 10.6 Å². The summed E-state index contributed by atoms with van der Waals surface area (Å²) in [4.78, 5) is 10.5. The molecule has 1 aromatic carbocycles. The number of nitrogens with zero attached hydrogens (tertiary/aromatic N) is 3. The second-order valence-electron chi connectivity index (χ2n) is 3.56. The molecule has 0 unspecified atom stereocenters. The van der Waals surface area contributed by atoms with Crippen LogP contribution in [-0.4, -0.2) is 14.7 Å². The molecular formula is C11H11N3O2. The van der Waals surface area contributed by atoms with E-state index >= 15 is 0 Å². The Hall–Kier alpha value is -2.17. The number of aryl methyl sites for hydroxylation is 1. The van der Waals surface area contributed by atoms with E-state index in [0.29, 0.717) is 12.0 Å². The van der Waals surface area contributed by atoms with Crippen LogP contribution in [0.25, 0.3) is 10.9 Å². The fraction of sp³-hybridized carbons (Fsp3) is 0.182. The van der Waals surface area contributed by atoms with E-state index in [1.807, 2.05) is 0 Å². The summed E-state index contributed by atoms with van der Waals surface area (Å²) >= 11 is 0. The third kappa shape index (κ3) is 1.56. The van der Waals surface area contributed by atoms with Gasteiger partial charge in [0.05, 0.1) is 16.6 Å². The topological polar surface area (TPSA) is 61.0 Å². The van der Waals surface area contributed by atoms with Crippen LogP contribution in [0.3, 0.4) is 0 Å². The van der Waals surface area contributed by atoms with Gasteiger partial charge in [-0.05, 0) is 12.5 Å². The highest BCUT2D eigenvalue weighted by molar-refractivity contribution is 5.82. The zero-order valence-corrected chi connectivity index (χ0v) is 8.88. The Morgan fingerprint density at radius 1 is 1.62 bits per heavy atom. The summed E-state index contributed by atoms with van der Waals surface area (Å²) in [6.45, 7) is 3.60. The first-order chi connectivity index (χ1) is 7.63. The fourth-order valence-corrected chi connectivity index (χ4v) is 1.72. The van der Waals surface area contributed by atoms with Gasteiger partial charge in [0.25, 0.3) is 5.69 Å². The van der Waals surface area contributed by atoms with Gasteiger partial charge >= 0.3 is 0 Å². The largest absolute Gasteiger partial charge is 0.275 e. The molecule has 2 rings (SSSR count). The van der Waals surface area contributed by atoms with Crippen LogP contribution in [0, 0.1) is 10.1 Å². The minimum atomic E-state index is -0.370. The molecule has 0 saturated heterocycles. The summed E-state index contributed by atoms with van der Waals surface area (Å²) in [5, 5.41) is 15.9. The van der Waals surface area contributed by atoms with Crippen molar-refractivity contribution in [1.29, 1.82) is 0 Å². The van der Waals surface area contributed by atoms with E-state index in [4.69, 9.17) is 0 Å². The summed E-state index contributed by atoms with van der Waals surface area (Å²) < 4.78 is 1.63. The Kier molecular flexibility index (Phi) is 2.44. The summed E-state index contributed by atoms with van der Waals surface area (Å²) in [5.41, 5.74) is 1.55. The number of benzene rings is 1. The van der Waals surface area contributed by atoms with Crippen LogP contribution in [0.15, 0.2) is 31.0 Å². The van der Waals surface area contributed by atoms with Crippen LogP contribution < -0.4 is 0 Å². The number of aromatic nitrogens is 2. The second kappa shape index (κ2) is 3.77. The van der Waals surface area contributed by atoms with Crippen molar-refractivity contribution in [1.82, 2.24) is 9.78 Å². The predicted octanol–water partition coefficient (Wildman–Crippen LogP) is 2.21. The van der Waals surface area contributed by atoms with Crippen LogP contribution in [0.1, 0.15) is 5.56 Å². The molecule has 0 atom stereocenters. The maximum atomic E-state index is 10.9. The van der Waals surface area contributed by atoms with Crippen molar-refractivity contribution < 1.29 is 4.92 Å². The van der Waals surface area contributed by atoms with Crippen molar-refractivity contribution in [2.24, 2.45) is 7.05 Å². The third-order valence-electron chi connectivity index (χ3n) is 2.51. The standard InChI is InChI=1S/C11H11N3O2/c1-3-4-8-5-9-7-12-13(2)10(9)6-11(8)14(15)16/h3,5-7H,1,4H2,2H3. The lowest BCUT2D eigenvalue weighted by Crippen LogP contribution is -1.96. The number of hydrogen-bond acceptors (Lipinski definition) is 3. The summed E-state index contributed by atoms with van der Waals surface area (Å²) in [6.07, 6.45) is 3.84. The molecule has 5 nitrogen and oxygen atoms in total. The summed E-state index contributed by atoms with van der Waals surface area (Å²) in [7, 11) is 1.76. The SMILES string of the molecule is C=CCc1cc2cnn(C)c2cc1[N+](=O)[O-]. The summed E-state index contributed by atoms with van der Waals surface area (Å²) in [5.74, 6) is 0. The van der Waals surface area contributed by atoms with Gasteiger partial charge in [0.2, 0.25) is 0 Å². The lowest BCUT2D eigenvalue weighted by atomic mass is 10.1. The molecule has 0 aliphatic rings. The number of nitro groups is 1. The molecule has 0 bridgehead atoms. The van der Waals surface area contributed by atoms with Gasteiger partial charge in [-0.25, -0.2) is 0 Å². The minimum Gasteiger partial charge on any atom is -0.268 e. The van der Waals surface area contributed by atoms with Crippen molar-refractivity contribution in [3.05, 3.63) is 46.7 Å². The van der Waals surface area contributed by atoms with Crippen molar-refractivity contribution in [2.75, 3.05) is 0 Å². The van der Waals surface area contributed by atoms with Crippen molar-refractivity contribution in [3.8, 4) is 0 Å². The Labute approximate surface area is 92.1 Å². The second-order valence-corrected chi connectivity index (χ2v) is 3.56. The van der Waals surface area contributed by atoms with Crippen LogP contribution in [-0.2, 0) is 13.5 Å². The number of nitro benzene ring substituents is 1. The highest BCUT2D eigenvalue weighted by Crippen LogP contribution is 2.26. The first-order valence-electron chi connectivity index (χ1n) is 4.83. The average molecular weight is 217 g/mol. The average Bonchev–Trinajstić information content (AvgIpc) is 2.59. The Bertz CT molecular complexity index is 572. The minimum absolute atomic E-state index is 0.121. The lowest BCUT2D eigenvalue weighted by molar-refractivity contribution is -0.385. The highest BCUT2D eigenvalue weighted by Gasteiger charge is 2.15. The van der Waals surface area contributed by atoms with Gasteiger partial charge in [0, 0.05) is 24.1 Å². The fourth-order valence-electron chi connectivity index (χ4n) is 1.72. The van der Waals surface area contributed by atoms with Crippen LogP contribution in [0.4, 0.5) is 5.69 Å². The molecule has 5 heteroatoms. The molecular weight excluding hydrogens is 206 g/mol. The van der Waals surface area contributed by atoms with E-state index in [1.165, 1.54) is 0 Å². The molecule has 0 radical (unpaired) electrons. The first-order valence-corrected chi connectivity index (χ1v) is 4.83. The Morgan fingerprint density at radius 3 is 3.00 bits per heavy atom. The van der Waals surface area contributed by atoms with E-state index < -0.39 is 0 Å². The molecule has 2 aromatic rings. The zero-order valence-electron chi connectivity index (χ0n) is 8.88. The maximum Gasteiger partial charge on any atom is 0.275 e. The number of allylic oxidation sites excluding steroid dienone is 1. The normalized spacial score (nSPS) is 10.6. The molecule has 16 heavy (non-hydrogen) atoms. The summed E-state index contributed by atoms with van der Waals surface area (Å²) in [6, 6.07) is 3.35. The zero-order chi connectivity index (χ0) is 11.7. The van der Waals surface area contributed by atoms with Gasteiger partial charge in [-0.2, -0.15) is 5.10 Å². The molecule has 0 fully saturated rings. The van der Waals surface area contributed by atoms with Crippen molar-refractivity contribution in [2.45, 2.75) is 6.42 Å². The van der Waals surface area contributed by atoms with Crippen LogP contribution in [0.5, 0.6) is 0 Å². The van der Waals surface area contributed by atoms with Gasteiger partial charge < -0.3 is 0 Å². The molecule has 0 aliphatic heterocycles. The number of fused-ring (bicyclic) bond motifs is 1. The van der Waals surface area contributed by atoms with Gasteiger partial charge in [0.1, 0.15) is 0 Å². The molecule has 0 N–H and O–H groups in total. The molecule has 0 saturated carbocycles. The molecule has 82 valence electrons. The monoisotopic (exact) mass is 217 g/mol. The molecule has 0 aliphatic carbocycles. The quantitative estimate of drug-likeness (QED) is 0.450. The number of hydrogen-bond donors (Lipinski definition) is 0. The molecule has 0 spiro atoms. The highest BCUT2D eigenvalue weighted by atomic mass is 16.6. The van der Waals surface area contributed by atoms with Gasteiger partial charge in [-0.1, -0.05) is 6.08 Å². The lowest BCUT2D eigenvalue weighted by Gasteiger charge is -2.01. The van der Waals surface area contributed by atoms with Gasteiger partial charge in [-0.15, -0.1) is 6.58 Å². The smallest absolute Gasteiger partial charge is 0.268 e.